The number of carboxylic acid groups (broad SMARTS) is 1. The van der Waals surface area contributed by atoms with E-state index in [1.807, 2.05) is 36.4 Å². The van der Waals surface area contributed by atoms with Crippen molar-refractivity contribution < 1.29 is 14.7 Å². The molecule has 0 bridgehead atoms. The molecule has 6 heteroatoms. The Balaban J connectivity index is 1.85. The molecular weight excluding hydrogens is 318 g/mol. The number of carbonyl (C=O) groups is 2. The van der Waals surface area contributed by atoms with Gasteiger partial charge in [-0.2, -0.15) is 0 Å². The van der Waals surface area contributed by atoms with Gasteiger partial charge in [-0.3, -0.25) is 4.90 Å². The molecule has 2 aromatic carbocycles. The summed E-state index contributed by atoms with van der Waals surface area (Å²) in [5, 5.41) is 11.6. The van der Waals surface area contributed by atoms with E-state index in [1.165, 1.54) is 4.57 Å². The van der Waals surface area contributed by atoms with E-state index in [0.29, 0.717) is 17.6 Å². The molecule has 1 aliphatic heterocycles. The fourth-order valence-corrected chi connectivity index (χ4v) is 3.75. The Bertz CT molecular complexity index is 955. The lowest BCUT2D eigenvalue weighted by atomic mass is 10.1. The van der Waals surface area contributed by atoms with Crippen molar-refractivity contribution >= 4 is 39.9 Å². The van der Waals surface area contributed by atoms with Crippen molar-refractivity contribution in [2.45, 2.75) is 0 Å². The standard InChI is InChI=1S/C19H19N3O3/c23-13-12-20-8-10-21(11-9-20)16-6-3-7-17-18(16)14-4-1-2-5-15(14)22(17)19(24)25/h1-7,13H,8-12H2,(H,24,25). The van der Waals surface area contributed by atoms with Gasteiger partial charge < -0.3 is 14.8 Å². The van der Waals surface area contributed by atoms with E-state index in [-0.39, 0.29) is 0 Å². The maximum atomic E-state index is 11.8. The third-order valence-electron chi connectivity index (χ3n) is 4.91. The van der Waals surface area contributed by atoms with E-state index in [9.17, 15) is 14.7 Å². The van der Waals surface area contributed by atoms with Crippen molar-refractivity contribution in [3.05, 3.63) is 42.5 Å². The summed E-state index contributed by atoms with van der Waals surface area (Å²) in [7, 11) is 0. The number of aromatic nitrogens is 1. The number of fused-ring (bicyclic) bond motifs is 3. The van der Waals surface area contributed by atoms with Crippen LogP contribution in [0.15, 0.2) is 42.5 Å². The Hall–Kier alpha value is -2.86. The second kappa shape index (κ2) is 6.22. The molecule has 1 aromatic heterocycles. The minimum absolute atomic E-state index is 0.469. The largest absolute Gasteiger partial charge is 0.464 e. The number of hydrogen-bond acceptors (Lipinski definition) is 4. The van der Waals surface area contributed by atoms with Crippen molar-refractivity contribution in [1.29, 1.82) is 0 Å². The number of carbonyl (C=O) groups excluding carboxylic acids is 1. The van der Waals surface area contributed by atoms with Crippen molar-refractivity contribution in [2.24, 2.45) is 0 Å². The van der Waals surface area contributed by atoms with Crippen LogP contribution in [0.2, 0.25) is 0 Å². The van der Waals surface area contributed by atoms with Crippen molar-refractivity contribution in [3.8, 4) is 0 Å². The van der Waals surface area contributed by atoms with E-state index in [0.717, 1.165) is 48.9 Å². The first-order chi connectivity index (χ1) is 12.2. The molecule has 0 radical (unpaired) electrons. The molecule has 3 aromatic rings. The van der Waals surface area contributed by atoms with E-state index in [2.05, 4.69) is 15.9 Å². The highest BCUT2D eigenvalue weighted by molar-refractivity contribution is 6.17. The van der Waals surface area contributed by atoms with E-state index in [4.69, 9.17) is 0 Å². The summed E-state index contributed by atoms with van der Waals surface area (Å²) in [6, 6.07) is 13.4. The highest BCUT2D eigenvalue weighted by atomic mass is 16.4. The summed E-state index contributed by atoms with van der Waals surface area (Å²) in [4.78, 5) is 26.9. The number of benzene rings is 2. The second-order valence-electron chi connectivity index (χ2n) is 6.26. The van der Waals surface area contributed by atoms with Crippen LogP contribution in [-0.4, -0.2) is 59.7 Å². The third-order valence-corrected chi connectivity index (χ3v) is 4.91. The molecule has 1 saturated heterocycles. The van der Waals surface area contributed by atoms with Crippen molar-refractivity contribution in [3.63, 3.8) is 0 Å². The molecule has 0 atom stereocenters. The van der Waals surface area contributed by atoms with Gasteiger partial charge in [-0.1, -0.05) is 24.3 Å². The fourth-order valence-electron chi connectivity index (χ4n) is 3.75. The summed E-state index contributed by atoms with van der Waals surface area (Å²) >= 11 is 0. The zero-order chi connectivity index (χ0) is 17.4. The molecule has 0 amide bonds. The van der Waals surface area contributed by atoms with Gasteiger partial charge in [0, 0.05) is 42.6 Å². The Labute approximate surface area is 144 Å². The summed E-state index contributed by atoms with van der Waals surface area (Å²) in [6.07, 6.45) is -0.0317. The average Bonchev–Trinajstić information content (AvgIpc) is 2.97. The van der Waals surface area contributed by atoms with Crippen LogP contribution < -0.4 is 4.90 Å². The smallest absolute Gasteiger partial charge is 0.416 e. The third kappa shape index (κ3) is 2.55. The Morgan fingerprint density at radius 1 is 1.00 bits per heavy atom. The molecule has 0 aliphatic carbocycles. The SMILES string of the molecule is O=CCN1CCN(c2cccc3c2c2ccccc2n3C(=O)O)CC1. The summed E-state index contributed by atoms with van der Waals surface area (Å²) < 4.78 is 1.36. The van der Waals surface area contributed by atoms with Crippen LogP contribution in [0, 0.1) is 0 Å². The summed E-state index contributed by atoms with van der Waals surface area (Å²) in [5.74, 6) is 0. The first-order valence-corrected chi connectivity index (χ1v) is 8.37. The lowest BCUT2D eigenvalue weighted by Gasteiger charge is -2.35. The van der Waals surface area contributed by atoms with Crippen LogP contribution in [0.3, 0.4) is 0 Å². The van der Waals surface area contributed by atoms with Crippen molar-refractivity contribution in [1.82, 2.24) is 9.47 Å². The van der Waals surface area contributed by atoms with Crippen LogP contribution in [-0.2, 0) is 4.79 Å². The van der Waals surface area contributed by atoms with Gasteiger partial charge in [0.1, 0.15) is 6.29 Å². The molecule has 4 rings (SSSR count). The minimum Gasteiger partial charge on any atom is -0.464 e. The molecule has 0 spiro atoms. The number of rotatable bonds is 3. The summed E-state index contributed by atoms with van der Waals surface area (Å²) in [5.41, 5.74) is 2.47. The Morgan fingerprint density at radius 3 is 2.44 bits per heavy atom. The van der Waals surface area contributed by atoms with Gasteiger partial charge in [0.05, 0.1) is 17.6 Å². The molecule has 1 aliphatic rings. The van der Waals surface area contributed by atoms with Gasteiger partial charge in [0.2, 0.25) is 0 Å². The molecular formula is C19H19N3O3. The zero-order valence-electron chi connectivity index (χ0n) is 13.8. The first kappa shape index (κ1) is 15.7. The van der Waals surface area contributed by atoms with Gasteiger partial charge in [0.25, 0.3) is 0 Å². The Morgan fingerprint density at radius 2 is 1.72 bits per heavy atom. The number of piperazine rings is 1. The molecule has 128 valence electrons. The molecule has 0 unspecified atom stereocenters. The van der Waals surface area contributed by atoms with Crippen LogP contribution >= 0.6 is 0 Å². The Kier molecular flexibility index (Phi) is 3.89. The molecule has 1 fully saturated rings. The lowest BCUT2D eigenvalue weighted by Crippen LogP contribution is -2.46. The second-order valence-corrected chi connectivity index (χ2v) is 6.26. The number of nitrogens with zero attached hydrogens (tertiary/aromatic N) is 3. The minimum atomic E-state index is -0.973. The maximum Gasteiger partial charge on any atom is 0.416 e. The molecule has 0 saturated carbocycles. The monoisotopic (exact) mass is 337 g/mol. The van der Waals surface area contributed by atoms with Crippen molar-refractivity contribution in [2.75, 3.05) is 37.6 Å². The number of aldehydes is 1. The fraction of sp³-hybridized carbons (Fsp3) is 0.263. The highest BCUT2D eigenvalue weighted by Crippen LogP contribution is 2.36. The normalized spacial score (nSPS) is 15.8. The molecule has 25 heavy (non-hydrogen) atoms. The van der Waals surface area contributed by atoms with Crippen LogP contribution in [0.4, 0.5) is 10.5 Å². The quantitative estimate of drug-likeness (QED) is 0.744. The molecule has 1 N–H and O–H groups in total. The average molecular weight is 337 g/mol. The van der Waals surface area contributed by atoms with Crippen LogP contribution in [0.5, 0.6) is 0 Å². The van der Waals surface area contributed by atoms with E-state index < -0.39 is 6.09 Å². The summed E-state index contributed by atoms with van der Waals surface area (Å²) in [6.45, 7) is 3.76. The van der Waals surface area contributed by atoms with Gasteiger partial charge in [0.15, 0.2) is 0 Å². The predicted octanol–water partition coefficient (Wildman–Crippen LogP) is 2.64. The number of hydrogen-bond donors (Lipinski definition) is 1. The van der Waals surface area contributed by atoms with E-state index in [1.54, 1.807) is 0 Å². The van der Waals surface area contributed by atoms with Crippen LogP contribution in [0.1, 0.15) is 0 Å². The maximum absolute atomic E-state index is 11.8. The number of anilines is 1. The molecule has 2 heterocycles. The number of para-hydroxylation sites is 1. The van der Waals surface area contributed by atoms with Crippen LogP contribution in [0.25, 0.3) is 21.8 Å². The lowest BCUT2D eigenvalue weighted by molar-refractivity contribution is -0.108. The molecule has 6 nitrogen and oxygen atoms in total. The first-order valence-electron chi connectivity index (χ1n) is 8.37. The van der Waals surface area contributed by atoms with Gasteiger partial charge in [-0.15, -0.1) is 0 Å². The van der Waals surface area contributed by atoms with E-state index >= 15 is 0 Å². The highest BCUT2D eigenvalue weighted by Gasteiger charge is 2.22. The van der Waals surface area contributed by atoms with Gasteiger partial charge >= 0.3 is 6.09 Å². The van der Waals surface area contributed by atoms with Gasteiger partial charge in [-0.25, -0.2) is 9.36 Å². The zero-order valence-corrected chi connectivity index (χ0v) is 13.8. The topological polar surface area (TPSA) is 65.8 Å². The predicted molar refractivity (Wildman–Crippen MR) is 97.6 cm³/mol. The van der Waals surface area contributed by atoms with Gasteiger partial charge in [-0.05, 0) is 18.2 Å².